The van der Waals surface area contributed by atoms with E-state index < -0.39 is 11.9 Å². The predicted octanol–water partition coefficient (Wildman–Crippen LogP) is 7.09. The van der Waals surface area contributed by atoms with E-state index in [1.807, 2.05) is 26.0 Å². The summed E-state index contributed by atoms with van der Waals surface area (Å²) in [6, 6.07) is 14.4. The highest BCUT2D eigenvalue weighted by molar-refractivity contribution is 5.71. The average molecular weight is 573 g/mol. The number of likely N-dealkylation sites (tertiary alicyclic amines) is 1. The molecule has 0 spiro atoms. The topological polar surface area (TPSA) is 71.9 Å². The zero-order valence-corrected chi connectivity index (χ0v) is 24.8. The number of rotatable bonds is 9. The monoisotopic (exact) mass is 572 g/mol. The summed E-state index contributed by atoms with van der Waals surface area (Å²) in [7, 11) is 1.77. The summed E-state index contributed by atoms with van der Waals surface area (Å²) in [6.45, 7) is 6.24. The number of aromatic nitrogens is 1. The van der Waals surface area contributed by atoms with Crippen molar-refractivity contribution in [1.29, 1.82) is 0 Å². The Hall–Kier alpha value is -3.29. The Balaban J connectivity index is 1.31. The molecule has 4 atom stereocenters. The van der Waals surface area contributed by atoms with E-state index in [0.29, 0.717) is 18.0 Å². The van der Waals surface area contributed by atoms with Crippen molar-refractivity contribution < 1.29 is 23.8 Å². The Bertz CT molecular complexity index is 1450. The minimum absolute atomic E-state index is 0.00171. The predicted molar refractivity (Wildman–Crippen MR) is 160 cm³/mol. The summed E-state index contributed by atoms with van der Waals surface area (Å²) in [6.07, 6.45) is 7.42. The fourth-order valence-electron chi connectivity index (χ4n) is 6.95. The molecule has 2 aliphatic heterocycles. The highest BCUT2D eigenvalue weighted by Crippen LogP contribution is 2.48. The molecule has 2 aromatic carbocycles. The molecule has 0 bridgehead atoms. The van der Waals surface area contributed by atoms with Crippen LogP contribution in [-0.4, -0.2) is 47.3 Å². The second-order valence-corrected chi connectivity index (χ2v) is 12.5. The van der Waals surface area contributed by atoms with Crippen LogP contribution in [-0.2, 0) is 22.5 Å². The van der Waals surface area contributed by atoms with Crippen LogP contribution in [0.1, 0.15) is 79.0 Å². The van der Waals surface area contributed by atoms with Crippen LogP contribution in [0.15, 0.2) is 48.7 Å². The number of methoxy groups -OCH3 is 1. The lowest BCUT2D eigenvalue weighted by atomic mass is 9.82. The molecule has 1 N–H and O–H groups in total. The maximum absolute atomic E-state index is 15.1. The molecule has 1 aromatic heterocycles. The lowest BCUT2D eigenvalue weighted by Crippen LogP contribution is -2.38. The average Bonchev–Trinajstić information content (AvgIpc) is 3.83. The quantitative estimate of drug-likeness (QED) is 0.295. The third-order valence-corrected chi connectivity index (χ3v) is 9.45. The van der Waals surface area contributed by atoms with Gasteiger partial charge < -0.3 is 14.6 Å². The van der Waals surface area contributed by atoms with E-state index in [2.05, 4.69) is 40.2 Å². The first kappa shape index (κ1) is 28.8. The van der Waals surface area contributed by atoms with Gasteiger partial charge in [-0.2, -0.15) is 0 Å². The Labute approximate surface area is 247 Å². The molecular formula is C35H41FN2O4. The van der Waals surface area contributed by atoms with E-state index in [4.69, 9.17) is 9.47 Å². The van der Waals surface area contributed by atoms with Gasteiger partial charge in [-0.05, 0) is 104 Å². The van der Waals surface area contributed by atoms with Crippen LogP contribution in [0, 0.1) is 24.6 Å². The first-order chi connectivity index (χ1) is 20.3. The summed E-state index contributed by atoms with van der Waals surface area (Å²) >= 11 is 0. The van der Waals surface area contributed by atoms with E-state index in [9.17, 15) is 9.90 Å². The molecule has 2 unspecified atom stereocenters. The molecule has 1 aliphatic carbocycles. The van der Waals surface area contributed by atoms with Crippen molar-refractivity contribution in [3.8, 4) is 16.9 Å². The number of carboxylic acid groups (broad SMARTS) is 1. The van der Waals surface area contributed by atoms with Crippen LogP contribution in [0.5, 0.6) is 5.75 Å². The van der Waals surface area contributed by atoms with Crippen molar-refractivity contribution in [2.45, 2.75) is 77.0 Å². The fraction of sp³-hybridized carbons (Fsp3) is 0.486. The van der Waals surface area contributed by atoms with Gasteiger partial charge in [0.05, 0.1) is 18.2 Å². The standard InChI is InChI=1S/C35H41FN2O4/c1-21-15-30(31(36)18-37-21)29-12-10-25(16-27(29)19-38-14-4-5-28(20-38)41-3)32-13-11-23-6-9-26(17-33(23)42-32)34(24-7-8-24)22(2)35(39)40/h6,9-10,12,15-18,22,24,28,32,34H,4-5,7-8,11,13-14,19-20H2,1-3H3,(H,39,40)/t22-,28?,32?,34-/m0/s1. The third-order valence-electron chi connectivity index (χ3n) is 9.45. The van der Waals surface area contributed by atoms with Crippen LogP contribution in [0.4, 0.5) is 4.39 Å². The largest absolute Gasteiger partial charge is 0.485 e. The van der Waals surface area contributed by atoms with E-state index in [0.717, 1.165) is 90.9 Å². The van der Waals surface area contributed by atoms with E-state index in [1.54, 1.807) is 7.11 Å². The highest BCUT2D eigenvalue weighted by Gasteiger charge is 2.39. The van der Waals surface area contributed by atoms with Crippen molar-refractivity contribution in [1.82, 2.24) is 9.88 Å². The first-order valence-electron chi connectivity index (χ1n) is 15.3. The van der Waals surface area contributed by atoms with Gasteiger partial charge in [-0.25, -0.2) is 4.39 Å². The molecule has 2 fully saturated rings. The van der Waals surface area contributed by atoms with Gasteiger partial charge in [0.15, 0.2) is 0 Å². The Morgan fingerprint density at radius 3 is 2.74 bits per heavy atom. The number of hydrogen-bond donors (Lipinski definition) is 1. The van der Waals surface area contributed by atoms with Crippen molar-refractivity contribution >= 4 is 5.97 Å². The van der Waals surface area contributed by atoms with Crippen LogP contribution in [0.3, 0.4) is 0 Å². The van der Waals surface area contributed by atoms with E-state index in [-0.39, 0.29) is 23.9 Å². The molecule has 1 saturated heterocycles. The molecular weight excluding hydrogens is 531 g/mol. The third kappa shape index (κ3) is 6.09. The first-order valence-corrected chi connectivity index (χ1v) is 15.3. The summed E-state index contributed by atoms with van der Waals surface area (Å²) in [5, 5.41) is 9.76. The molecule has 0 radical (unpaired) electrons. The Kier molecular flexibility index (Phi) is 8.33. The minimum Gasteiger partial charge on any atom is -0.485 e. The molecule has 3 heterocycles. The van der Waals surface area contributed by atoms with E-state index >= 15 is 4.39 Å². The fourth-order valence-corrected chi connectivity index (χ4v) is 6.95. The van der Waals surface area contributed by atoms with Gasteiger partial charge >= 0.3 is 5.97 Å². The molecule has 3 aromatic rings. The number of carbonyl (C=O) groups is 1. The number of ether oxygens (including phenoxy) is 2. The highest BCUT2D eigenvalue weighted by atomic mass is 19.1. The Morgan fingerprint density at radius 2 is 1.98 bits per heavy atom. The number of piperidine rings is 1. The van der Waals surface area contributed by atoms with Crippen molar-refractivity contribution in [2.75, 3.05) is 20.2 Å². The molecule has 7 heteroatoms. The molecule has 3 aliphatic rings. The van der Waals surface area contributed by atoms with Gasteiger partial charge in [0, 0.05) is 31.5 Å². The lowest BCUT2D eigenvalue weighted by molar-refractivity contribution is -0.142. The van der Waals surface area contributed by atoms with Crippen LogP contribution in [0.2, 0.25) is 0 Å². The zero-order chi connectivity index (χ0) is 29.4. The van der Waals surface area contributed by atoms with Gasteiger partial charge in [0.1, 0.15) is 17.7 Å². The molecule has 0 amide bonds. The maximum atomic E-state index is 15.1. The van der Waals surface area contributed by atoms with Gasteiger partial charge in [0.2, 0.25) is 0 Å². The van der Waals surface area contributed by atoms with Gasteiger partial charge in [0.25, 0.3) is 0 Å². The summed E-state index contributed by atoms with van der Waals surface area (Å²) in [5.74, 6) is -0.223. The van der Waals surface area contributed by atoms with Crippen LogP contribution < -0.4 is 4.74 Å². The number of fused-ring (bicyclic) bond motifs is 1. The van der Waals surface area contributed by atoms with Gasteiger partial charge in [-0.1, -0.05) is 37.3 Å². The second kappa shape index (κ2) is 12.1. The molecule has 222 valence electrons. The zero-order valence-electron chi connectivity index (χ0n) is 24.8. The van der Waals surface area contributed by atoms with Crippen LogP contribution in [0.25, 0.3) is 11.1 Å². The number of carboxylic acids is 1. The molecule has 6 rings (SSSR count). The smallest absolute Gasteiger partial charge is 0.306 e. The molecule has 6 nitrogen and oxygen atoms in total. The van der Waals surface area contributed by atoms with Crippen molar-refractivity contribution in [2.24, 2.45) is 11.8 Å². The van der Waals surface area contributed by atoms with Gasteiger partial charge in [-0.3, -0.25) is 14.7 Å². The van der Waals surface area contributed by atoms with Crippen LogP contribution >= 0.6 is 0 Å². The second-order valence-electron chi connectivity index (χ2n) is 12.5. The molecule has 1 saturated carbocycles. The number of hydrogen-bond acceptors (Lipinski definition) is 5. The SMILES string of the molecule is COC1CCCN(Cc2cc(C3CCc4ccc([C@H](C5CC5)[C@H](C)C(=O)O)cc4O3)ccc2-c2cc(C)ncc2F)C1. The summed E-state index contributed by atoms with van der Waals surface area (Å²) in [5.41, 5.74) is 6.61. The number of halogens is 1. The van der Waals surface area contributed by atoms with E-state index in [1.165, 1.54) is 6.20 Å². The Morgan fingerprint density at radius 1 is 1.14 bits per heavy atom. The number of aliphatic carboxylic acids is 1. The summed E-state index contributed by atoms with van der Waals surface area (Å²) in [4.78, 5) is 18.4. The maximum Gasteiger partial charge on any atom is 0.306 e. The van der Waals surface area contributed by atoms with Crippen molar-refractivity contribution in [3.05, 3.63) is 82.4 Å². The normalized spacial score (nSPS) is 22.2. The number of benzene rings is 2. The number of aryl methyl sites for hydroxylation is 2. The summed E-state index contributed by atoms with van der Waals surface area (Å²) < 4.78 is 27.4. The minimum atomic E-state index is -0.748. The lowest BCUT2D eigenvalue weighted by Gasteiger charge is -2.33. The number of nitrogens with zero attached hydrogens (tertiary/aromatic N) is 2. The van der Waals surface area contributed by atoms with Gasteiger partial charge in [-0.15, -0.1) is 0 Å². The number of pyridine rings is 1. The molecule has 42 heavy (non-hydrogen) atoms. The van der Waals surface area contributed by atoms with Crippen molar-refractivity contribution in [3.63, 3.8) is 0 Å².